The molecule has 374 valence electrons. The quantitative estimate of drug-likeness (QED) is 0.0243. The maximum absolute atomic E-state index is 12.9. The molecule has 0 aliphatic heterocycles. The lowest BCUT2D eigenvalue weighted by molar-refractivity contribution is -0.870. The molecule has 0 aromatic heterocycles. The van der Waals surface area contributed by atoms with Crippen LogP contribution in [0.1, 0.15) is 232 Å². The van der Waals surface area contributed by atoms with E-state index in [2.05, 4.69) is 79.9 Å². The number of phosphoric acid groups is 1. The van der Waals surface area contributed by atoms with Crippen LogP contribution in [0.3, 0.4) is 0 Å². The summed E-state index contributed by atoms with van der Waals surface area (Å²) in [5.41, 5.74) is 0. The third kappa shape index (κ3) is 48.1. The molecule has 64 heavy (non-hydrogen) atoms. The Bertz CT molecular complexity index is 1230. The fourth-order valence-electron chi connectivity index (χ4n) is 7.60. The Morgan fingerprint density at radius 3 is 1.38 bits per heavy atom. The second kappa shape index (κ2) is 46.3. The molecule has 0 aromatic rings. The van der Waals surface area contributed by atoms with Crippen molar-refractivity contribution in [3.05, 3.63) is 60.8 Å². The first-order chi connectivity index (χ1) is 31.0. The molecule has 0 fully saturated rings. The molecule has 0 bridgehead atoms. The van der Waals surface area contributed by atoms with Crippen molar-refractivity contribution in [2.75, 3.05) is 40.9 Å². The van der Waals surface area contributed by atoms with E-state index in [9.17, 15) is 19.4 Å². The number of rotatable bonds is 48. The van der Waals surface area contributed by atoms with E-state index in [1.165, 1.54) is 135 Å². The minimum Gasteiger partial charge on any atom is -0.391 e. The van der Waals surface area contributed by atoms with Gasteiger partial charge in [-0.1, -0.05) is 229 Å². The number of carbonyl (C=O) groups excluding carboxylic acids is 1. The van der Waals surface area contributed by atoms with Crippen molar-refractivity contribution in [3.8, 4) is 0 Å². The lowest BCUT2D eigenvalue weighted by atomic mass is 10.0. The van der Waals surface area contributed by atoms with Gasteiger partial charge in [0.2, 0.25) is 5.91 Å². The van der Waals surface area contributed by atoms with Gasteiger partial charge in [-0.2, -0.15) is 0 Å². The van der Waals surface area contributed by atoms with Crippen LogP contribution < -0.4 is 5.32 Å². The van der Waals surface area contributed by atoms with E-state index in [1.54, 1.807) is 0 Å². The molecular weight excluding hydrogens is 816 g/mol. The van der Waals surface area contributed by atoms with Gasteiger partial charge in [0, 0.05) is 6.42 Å². The second-order valence-corrected chi connectivity index (χ2v) is 20.7. The molecule has 0 aromatic carbocycles. The van der Waals surface area contributed by atoms with E-state index in [-0.39, 0.29) is 19.1 Å². The SMILES string of the molecule is CC/C=C\C/C=C\C/C=C\C/C=C\C/C=C\CCCCCCCCCCCCCCCCCCCCCC(=O)NC(COP(=O)(O)OCC[N+](C)(C)C)C(O)CCCCCCCCC. The number of hydrogen-bond donors (Lipinski definition) is 3. The number of likely N-dealkylation sites (N-methyl/N-ethyl adjacent to an activating group) is 1. The predicted molar refractivity (Wildman–Crippen MR) is 277 cm³/mol. The van der Waals surface area contributed by atoms with Crippen LogP contribution in [-0.2, 0) is 18.4 Å². The van der Waals surface area contributed by atoms with Gasteiger partial charge >= 0.3 is 7.82 Å². The maximum atomic E-state index is 12.9. The first-order valence-electron chi connectivity index (χ1n) is 26.7. The van der Waals surface area contributed by atoms with Gasteiger partial charge in [-0.05, 0) is 57.8 Å². The average Bonchev–Trinajstić information content (AvgIpc) is 3.25. The van der Waals surface area contributed by atoms with Crippen LogP contribution in [0.5, 0.6) is 0 Å². The summed E-state index contributed by atoms with van der Waals surface area (Å²) in [5.74, 6) is -0.148. The third-order valence-corrected chi connectivity index (χ3v) is 12.8. The van der Waals surface area contributed by atoms with Crippen molar-refractivity contribution in [2.45, 2.75) is 244 Å². The Hall–Kier alpha value is -1.80. The molecule has 0 saturated carbocycles. The molecule has 3 N–H and O–H groups in total. The summed E-state index contributed by atoms with van der Waals surface area (Å²) >= 11 is 0. The van der Waals surface area contributed by atoms with Crippen molar-refractivity contribution in [3.63, 3.8) is 0 Å². The number of quaternary nitrogens is 1. The highest BCUT2D eigenvalue weighted by molar-refractivity contribution is 7.47. The number of phosphoric ester groups is 1. The molecule has 0 aliphatic rings. The summed E-state index contributed by atoms with van der Waals surface area (Å²) in [6.07, 6.45) is 61.7. The predicted octanol–water partition coefficient (Wildman–Crippen LogP) is 15.8. The number of nitrogens with zero attached hydrogens (tertiary/aromatic N) is 1. The smallest absolute Gasteiger partial charge is 0.391 e. The van der Waals surface area contributed by atoms with Gasteiger partial charge < -0.3 is 19.8 Å². The number of aliphatic hydroxyl groups is 1. The molecule has 9 heteroatoms. The number of allylic oxidation sites excluding steroid dienone is 10. The first kappa shape index (κ1) is 62.2. The van der Waals surface area contributed by atoms with Gasteiger partial charge in [-0.25, -0.2) is 4.57 Å². The van der Waals surface area contributed by atoms with Gasteiger partial charge in [0.1, 0.15) is 13.2 Å². The zero-order valence-electron chi connectivity index (χ0n) is 42.5. The van der Waals surface area contributed by atoms with Crippen molar-refractivity contribution >= 4 is 13.7 Å². The van der Waals surface area contributed by atoms with E-state index in [4.69, 9.17) is 9.05 Å². The Kier molecular flexibility index (Phi) is 45.0. The molecule has 3 unspecified atom stereocenters. The highest BCUT2D eigenvalue weighted by atomic mass is 31.2. The van der Waals surface area contributed by atoms with Crippen LogP contribution in [0.15, 0.2) is 60.8 Å². The van der Waals surface area contributed by atoms with Gasteiger partial charge in [-0.15, -0.1) is 0 Å². The monoisotopic (exact) mass is 920 g/mol. The Balaban J connectivity index is 3.85. The van der Waals surface area contributed by atoms with Crippen LogP contribution in [0, 0.1) is 0 Å². The molecule has 0 spiro atoms. The number of aliphatic hydroxyl groups excluding tert-OH is 1. The molecule has 0 rings (SSSR count). The standard InChI is InChI=1S/C55H103N2O6P/c1-6-8-10-12-14-15-16-17-18-19-20-21-22-23-24-25-26-27-28-29-30-31-32-33-34-35-36-37-38-39-40-41-43-45-47-49-55(59)56-53(54(58)48-46-44-42-13-11-9-7-2)52-63-64(60,61)62-51-50-57(3,4)5/h8,10,14-15,17-18,20-21,23-24,53-54,58H,6-7,9,11-13,16,19,22,25-52H2,1-5H3,(H-,56,59,60,61)/p+1/b10-8-,15-14-,18-17-,21-20-,24-23-. The summed E-state index contributed by atoms with van der Waals surface area (Å²) < 4.78 is 23.6. The minimum atomic E-state index is -4.31. The fourth-order valence-corrected chi connectivity index (χ4v) is 8.34. The number of unbranched alkanes of at least 4 members (excludes halogenated alkanes) is 25. The Labute approximate surface area is 396 Å². The van der Waals surface area contributed by atoms with Crippen LogP contribution in [0.25, 0.3) is 0 Å². The highest BCUT2D eigenvalue weighted by Crippen LogP contribution is 2.43. The normalized spacial score (nSPS) is 14.5. The number of amides is 1. The van der Waals surface area contributed by atoms with Gasteiger partial charge in [0.15, 0.2) is 0 Å². The maximum Gasteiger partial charge on any atom is 0.472 e. The Morgan fingerprint density at radius 1 is 0.547 bits per heavy atom. The van der Waals surface area contributed by atoms with Crippen molar-refractivity contribution in [2.24, 2.45) is 0 Å². The highest BCUT2D eigenvalue weighted by Gasteiger charge is 2.28. The van der Waals surface area contributed by atoms with Gasteiger partial charge in [0.25, 0.3) is 0 Å². The lowest BCUT2D eigenvalue weighted by Crippen LogP contribution is -2.46. The first-order valence-corrected chi connectivity index (χ1v) is 28.1. The molecule has 1 amide bonds. The van der Waals surface area contributed by atoms with E-state index < -0.39 is 20.0 Å². The van der Waals surface area contributed by atoms with Crippen molar-refractivity contribution < 1.29 is 32.9 Å². The number of hydrogen-bond acceptors (Lipinski definition) is 5. The molecular formula is C55H104N2O6P+. The number of carbonyl (C=O) groups is 1. The minimum absolute atomic E-state index is 0.0741. The third-order valence-electron chi connectivity index (χ3n) is 11.8. The fraction of sp³-hybridized carbons (Fsp3) is 0.800. The summed E-state index contributed by atoms with van der Waals surface area (Å²) in [7, 11) is 1.61. The zero-order valence-corrected chi connectivity index (χ0v) is 43.4. The lowest BCUT2D eigenvalue weighted by Gasteiger charge is -2.26. The molecule has 3 atom stereocenters. The second-order valence-electron chi connectivity index (χ2n) is 19.2. The molecule has 0 saturated heterocycles. The van der Waals surface area contributed by atoms with Gasteiger partial charge in [-0.3, -0.25) is 13.8 Å². The summed E-state index contributed by atoms with van der Waals surface area (Å²) in [6.45, 7) is 4.73. The van der Waals surface area contributed by atoms with E-state index in [0.29, 0.717) is 23.9 Å². The molecule has 0 heterocycles. The molecule has 8 nitrogen and oxygen atoms in total. The van der Waals surface area contributed by atoms with Crippen LogP contribution in [-0.4, -0.2) is 73.4 Å². The largest absolute Gasteiger partial charge is 0.472 e. The van der Waals surface area contributed by atoms with Gasteiger partial charge in [0.05, 0.1) is 39.9 Å². The number of nitrogens with one attached hydrogen (secondary N) is 1. The van der Waals surface area contributed by atoms with Crippen LogP contribution in [0.4, 0.5) is 0 Å². The summed E-state index contributed by atoms with van der Waals surface area (Å²) in [6, 6.07) is -0.757. The summed E-state index contributed by atoms with van der Waals surface area (Å²) in [5, 5.41) is 13.9. The van der Waals surface area contributed by atoms with Crippen LogP contribution in [0.2, 0.25) is 0 Å². The summed E-state index contributed by atoms with van der Waals surface area (Å²) in [4.78, 5) is 23.1. The van der Waals surface area contributed by atoms with Crippen LogP contribution >= 0.6 is 7.82 Å². The van der Waals surface area contributed by atoms with E-state index in [1.807, 2.05) is 21.1 Å². The van der Waals surface area contributed by atoms with E-state index >= 15 is 0 Å². The molecule has 0 aliphatic carbocycles. The molecule has 0 radical (unpaired) electrons. The topological polar surface area (TPSA) is 105 Å². The van der Waals surface area contributed by atoms with Crippen molar-refractivity contribution in [1.82, 2.24) is 5.32 Å². The zero-order chi connectivity index (χ0) is 47.1. The average molecular weight is 920 g/mol. The van der Waals surface area contributed by atoms with Crippen molar-refractivity contribution in [1.29, 1.82) is 0 Å². The van der Waals surface area contributed by atoms with E-state index in [0.717, 1.165) is 70.6 Å². The Morgan fingerprint density at radius 2 is 0.938 bits per heavy atom.